The highest BCUT2D eigenvalue weighted by atomic mass is 79.9. The normalized spacial score (nSPS) is 13.4. The number of fused-ring (bicyclic) bond motifs is 8. The Balaban J connectivity index is 1.46. The summed E-state index contributed by atoms with van der Waals surface area (Å²) in [6.45, 7) is 12.7. The van der Waals surface area contributed by atoms with Crippen molar-refractivity contribution in [2.75, 3.05) is 0 Å². The molecule has 0 saturated heterocycles. The number of aromatic hydroxyl groups is 4. The monoisotopic (exact) mass is 900 g/mol. The SMILES string of the molecule is CC(C)(C)c1cc2c(O)c(c1)Cc1cc(N=Nc3ccc(Br)cc3)cc(c1O)Cc1cc(C(C)(C)C)cc(c1O)Cc1cc(N=Nc3ccc(Br)cc3)cc(c1O)C2. The molecule has 10 heteroatoms. The molecular formula is C48H46Br2N4O4. The third-order valence-corrected chi connectivity index (χ3v) is 11.6. The van der Waals surface area contributed by atoms with E-state index in [2.05, 4.69) is 93.9 Å². The summed E-state index contributed by atoms with van der Waals surface area (Å²) in [7, 11) is 0. The van der Waals surface area contributed by atoms with Crippen LogP contribution in [0.4, 0.5) is 22.7 Å². The Morgan fingerprint density at radius 3 is 0.828 bits per heavy atom. The van der Waals surface area contributed by atoms with Gasteiger partial charge in [0.15, 0.2) is 0 Å². The molecule has 0 saturated carbocycles. The van der Waals surface area contributed by atoms with Gasteiger partial charge in [0, 0.05) is 56.9 Å². The molecule has 6 aromatic carbocycles. The van der Waals surface area contributed by atoms with Crippen LogP contribution in [0.1, 0.15) is 97.2 Å². The Hall–Kier alpha value is -5.32. The van der Waals surface area contributed by atoms with Gasteiger partial charge < -0.3 is 20.4 Å². The Morgan fingerprint density at radius 2 is 0.586 bits per heavy atom. The van der Waals surface area contributed by atoms with Crippen LogP contribution < -0.4 is 0 Å². The summed E-state index contributed by atoms with van der Waals surface area (Å²) < 4.78 is 1.86. The zero-order valence-electron chi connectivity index (χ0n) is 33.4. The van der Waals surface area contributed by atoms with Crippen LogP contribution in [-0.4, -0.2) is 20.4 Å². The summed E-state index contributed by atoms with van der Waals surface area (Å²) in [6, 6.07) is 30.1. The van der Waals surface area contributed by atoms with Crippen LogP contribution in [0.5, 0.6) is 23.0 Å². The Bertz CT molecular complexity index is 2310. The molecule has 0 amide bonds. The van der Waals surface area contributed by atoms with E-state index in [0.29, 0.717) is 67.3 Å². The van der Waals surface area contributed by atoms with Crippen molar-refractivity contribution >= 4 is 54.6 Å². The fraction of sp³-hybridized carbons (Fsp3) is 0.250. The van der Waals surface area contributed by atoms with Gasteiger partial charge in [-0.05, 0) is 117 Å². The summed E-state index contributed by atoms with van der Waals surface area (Å²) in [5.41, 5.74) is 8.44. The van der Waals surface area contributed by atoms with Crippen molar-refractivity contribution in [1.29, 1.82) is 0 Å². The Labute approximate surface area is 356 Å². The zero-order valence-corrected chi connectivity index (χ0v) is 36.6. The highest BCUT2D eigenvalue weighted by molar-refractivity contribution is 9.10. The highest BCUT2D eigenvalue weighted by Crippen LogP contribution is 2.43. The maximum absolute atomic E-state index is 12.0. The molecule has 1 aliphatic rings. The predicted molar refractivity (Wildman–Crippen MR) is 238 cm³/mol. The summed E-state index contributed by atoms with van der Waals surface area (Å²) in [5, 5.41) is 66.3. The summed E-state index contributed by atoms with van der Waals surface area (Å²) in [6.07, 6.45) is 0.727. The van der Waals surface area contributed by atoms with Gasteiger partial charge in [-0.2, -0.15) is 20.5 Å². The van der Waals surface area contributed by atoms with Crippen molar-refractivity contribution in [3.8, 4) is 23.0 Å². The second-order valence-corrected chi connectivity index (χ2v) is 18.9. The van der Waals surface area contributed by atoms with Crippen LogP contribution in [0.25, 0.3) is 0 Å². The van der Waals surface area contributed by atoms with E-state index in [-0.39, 0.29) is 59.5 Å². The first kappa shape index (κ1) is 40.9. The van der Waals surface area contributed by atoms with Crippen LogP contribution in [0.15, 0.2) is 126 Å². The molecule has 0 atom stereocenters. The second kappa shape index (κ2) is 16.1. The van der Waals surface area contributed by atoms with E-state index in [1.165, 1.54) is 0 Å². The lowest BCUT2D eigenvalue weighted by Gasteiger charge is -2.24. The first-order chi connectivity index (χ1) is 27.4. The van der Waals surface area contributed by atoms with E-state index in [9.17, 15) is 20.4 Å². The molecule has 0 unspecified atom stereocenters. The molecule has 8 bridgehead atoms. The van der Waals surface area contributed by atoms with Gasteiger partial charge in [0.1, 0.15) is 23.0 Å². The van der Waals surface area contributed by atoms with E-state index in [0.717, 1.165) is 20.1 Å². The van der Waals surface area contributed by atoms with Gasteiger partial charge >= 0.3 is 0 Å². The maximum Gasteiger partial charge on any atom is 0.122 e. The van der Waals surface area contributed by atoms with Gasteiger partial charge in [0.05, 0.1) is 22.7 Å². The van der Waals surface area contributed by atoms with Crippen LogP contribution >= 0.6 is 31.9 Å². The van der Waals surface area contributed by atoms with Crippen molar-refractivity contribution in [2.45, 2.75) is 78.1 Å². The van der Waals surface area contributed by atoms with Gasteiger partial charge in [-0.25, -0.2) is 0 Å². The molecule has 0 aromatic heterocycles. The average Bonchev–Trinajstić information content (AvgIpc) is 3.16. The smallest absolute Gasteiger partial charge is 0.122 e. The van der Waals surface area contributed by atoms with E-state index in [1.807, 2.05) is 72.8 Å². The number of halogens is 2. The van der Waals surface area contributed by atoms with Crippen molar-refractivity contribution in [2.24, 2.45) is 20.5 Å². The number of hydrogen-bond donors (Lipinski definition) is 4. The fourth-order valence-electron chi connectivity index (χ4n) is 7.13. The second-order valence-electron chi connectivity index (χ2n) is 17.1. The molecule has 7 rings (SSSR count). The maximum atomic E-state index is 12.0. The summed E-state index contributed by atoms with van der Waals surface area (Å²) in [5.74, 6) is 0.261. The van der Waals surface area contributed by atoms with Gasteiger partial charge in [0.25, 0.3) is 0 Å². The average molecular weight is 903 g/mol. The summed E-state index contributed by atoms with van der Waals surface area (Å²) in [4.78, 5) is 0. The van der Waals surface area contributed by atoms with Crippen LogP contribution in [-0.2, 0) is 36.5 Å². The lowest BCUT2D eigenvalue weighted by molar-refractivity contribution is 0.449. The van der Waals surface area contributed by atoms with Gasteiger partial charge in [0.2, 0.25) is 0 Å². The number of hydrogen-bond acceptors (Lipinski definition) is 8. The minimum Gasteiger partial charge on any atom is -0.507 e. The Morgan fingerprint density at radius 1 is 0.362 bits per heavy atom. The quantitative estimate of drug-likeness (QED) is 0.131. The molecule has 1 aliphatic carbocycles. The minimum atomic E-state index is -0.287. The first-order valence-corrected chi connectivity index (χ1v) is 20.7. The van der Waals surface area contributed by atoms with Crippen molar-refractivity contribution < 1.29 is 20.4 Å². The molecule has 0 heterocycles. The fourth-order valence-corrected chi connectivity index (χ4v) is 7.66. The predicted octanol–water partition coefficient (Wildman–Crippen LogP) is 14.1. The number of phenols is 4. The Kier molecular flexibility index (Phi) is 11.4. The van der Waals surface area contributed by atoms with E-state index >= 15 is 0 Å². The highest BCUT2D eigenvalue weighted by Gasteiger charge is 2.25. The first-order valence-electron chi connectivity index (χ1n) is 19.2. The van der Waals surface area contributed by atoms with Crippen LogP contribution in [0, 0.1) is 0 Å². The van der Waals surface area contributed by atoms with Crippen molar-refractivity contribution in [1.82, 2.24) is 0 Å². The molecule has 8 nitrogen and oxygen atoms in total. The standard InChI is InChI=1S/C48H46Br2N4O4/c1-47(2,3)35-19-27-15-31-23-41(53-51-39-11-7-37(49)8-12-39)25-33(45(31)57)17-29-21-36(48(4,5)6)22-30(44(29)56)18-34-26-42(54-52-40-13-9-38(50)10-14-40)24-32(46(34)58)16-28(20-35)43(27)55/h7-14,19-26,55-58H,15-18H2,1-6H3. The number of phenolic OH excluding ortho intramolecular Hbond substituents is 4. The van der Waals surface area contributed by atoms with E-state index < -0.39 is 0 Å². The lowest BCUT2D eigenvalue weighted by Crippen LogP contribution is -2.13. The number of azo groups is 2. The molecule has 6 aromatic rings. The van der Waals surface area contributed by atoms with Crippen molar-refractivity contribution in [3.63, 3.8) is 0 Å². The van der Waals surface area contributed by atoms with Gasteiger partial charge in [-0.1, -0.05) is 97.7 Å². The molecule has 58 heavy (non-hydrogen) atoms. The zero-order chi connectivity index (χ0) is 41.5. The minimum absolute atomic E-state index is 0.0579. The molecule has 0 radical (unpaired) electrons. The largest absolute Gasteiger partial charge is 0.507 e. The molecule has 4 N–H and O–H groups in total. The van der Waals surface area contributed by atoms with Crippen molar-refractivity contribution in [3.05, 3.63) is 162 Å². The van der Waals surface area contributed by atoms with Crippen LogP contribution in [0.3, 0.4) is 0 Å². The lowest BCUT2D eigenvalue weighted by atomic mass is 9.81. The molecular weight excluding hydrogens is 856 g/mol. The molecule has 0 aliphatic heterocycles. The number of nitrogens with zero attached hydrogens (tertiary/aromatic N) is 4. The van der Waals surface area contributed by atoms with E-state index in [4.69, 9.17) is 0 Å². The topological polar surface area (TPSA) is 130 Å². The number of rotatable bonds is 4. The third kappa shape index (κ3) is 9.19. The van der Waals surface area contributed by atoms with Gasteiger partial charge in [-0.15, -0.1) is 0 Å². The molecule has 0 spiro atoms. The van der Waals surface area contributed by atoms with Gasteiger partial charge in [-0.3, -0.25) is 0 Å². The molecule has 0 fully saturated rings. The molecule has 296 valence electrons. The van der Waals surface area contributed by atoms with Crippen LogP contribution in [0.2, 0.25) is 0 Å². The van der Waals surface area contributed by atoms with E-state index in [1.54, 1.807) is 24.3 Å². The summed E-state index contributed by atoms with van der Waals surface area (Å²) >= 11 is 6.94. The third-order valence-electron chi connectivity index (χ3n) is 10.5. The number of benzene rings is 6.